The summed E-state index contributed by atoms with van der Waals surface area (Å²) in [5.74, 6) is 1.27. The van der Waals surface area contributed by atoms with Crippen LogP contribution in [-0.4, -0.2) is 40.3 Å². The molecule has 1 N–H and O–H groups in total. The predicted molar refractivity (Wildman–Crippen MR) is 96.8 cm³/mol. The molecule has 0 bridgehead atoms. The summed E-state index contributed by atoms with van der Waals surface area (Å²) in [6.45, 7) is 1.87. The van der Waals surface area contributed by atoms with Crippen molar-refractivity contribution < 1.29 is 9.47 Å². The van der Waals surface area contributed by atoms with Crippen LogP contribution in [0.15, 0.2) is 23.2 Å². The maximum atomic E-state index is 6.09. The van der Waals surface area contributed by atoms with Gasteiger partial charge in [0.15, 0.2) is 0 Å². The van der Waals surface area contributed by atoms with Crippen LogP contribution in [0.5, 0.6) is 0 Å². The summed E-state index contributed by atoms with van der Waals surface area (Å²) in [7, 11) is 0. The van der Waals surface area contributed by atoms with Gasteiger partial charge >= 0.3 is 0 Å². The van der Waals surface area contributed by atoms with Crippen LogP contribution in [0, 0.1) is 0 Å². The van der Waals surface area contributed by atoms with Crippen molar-refractivity contribution in [2.75, 3.05) is 18.5 Å². The molecule has 134 valence electrons. The third-order valence-electron chi connectivity index (χ3n) is 4.99. The lowest BCUT2D eigenvalue weighted by molar-refractivity contribution is -0.0487. The molecule has 0 unspecified atom stereocenters. The van der Waals surface area contributed by atoms with Gasteiger partial charge in [-0.05, 0) is 25.3 Å². The smallest absolute Gasteiger partial charge is 0.223 e. The largest absolute Gasteiger partial charge is 0.379 e. The Morgan fingerprint density at radius 1 is 1.24 bits per heavy atom. The number of nitrogens with one attached hydrogen (secondary N) is 1. The van der Waals surface area contributed by atoms with Crippen LogP contribution in [0.25, 0.3) is 0 Å². The van der Waals surface area contributed by atoms with E-state index in [9.17, 15) is 0 Å². The highest BCUT2D eigenvalue weighted by atomic mass is 32.1. The molecule has 1 aliphatic carbocycles. The van der Waals surface area contributed by atoms with E-state index in [4.69, 9.17) is 14.5 Å². The van der Waals surface area contributed by atoms with Gasteiger partial charge in [0.05, 0.1) is 36.6 Å². The molecule has 0 aromatic carbocycles. The first-order valence-electron chi connectivity index (χ1n) is 9.04. The summed E-state index contributed by atoms with van der Waals surface area (Å²) in [5.41, 5.74) is 3.97. The quantitative estimate of drug-likeness (QED) is 0.852. The average molecular weight is 360 g/mol. The van der Waals surface area contributed by atoms with Crippen molar-refractivity contribution >= 4 is 17.3 Å². The molecule has 0 radical (unpaired) electrons. The molecule has 6 nitrogen and oxygen atoms in total. The van der Waals surface area contributed by atoms with Gasteiger partial charge in [-0.3, -0.25) is 0 Å². The lowest BCUT2D eigenvalue weighted by Crippen LogP contribution is -2.44. The summed E-state index contributed by atoms with van der Waals surface area (Å²) in [6.07, 6.45) is 7.89. The number of nitrogens with zero attached hydrogens (tertiary/aromatic N) is 3. The SMILES string of the molecule is c1cc(C2CCCC2)nc(N[C@@H]2COCC[C@@H]2OCc2cscn2)n1. The summed E-state index contributed by atoms with van der Waals surface area (Å²) in [4.78, 5) is 13.4. The first-order chi connectivity index (χ1) is 12.4. The number of thiazole rings is 1. The fraction of sp³-hybridized carbons (Fsp3) is 0.611. The number of aromatic nitrogens is 3. The molecule has 2 aromatic rings. The number of rotatable bonds is 6. The van der Waals surface area contributed by atoms with Crippen LogP contribution in [0.3, 0.4) is 0 Å². The second kappa shape index (κ2) is 8.21. The van der Waals surface area contributed by atoms with Gasteiger partial charge in [0.2, 0.25) is 5.95 Å². The molecule has 7 heteroatoms. The minimum absolute atomic E-state index is 0.0613. The molecular formula is C18H24N4O2S. The molecule has 25 heavy (non-hydrogen) atoms. The maximum Gasteiger partial charge on any atom is 0.223 e. The fourth-order valence-electron chi connectivity index (χ4n) is 3.61. The lowest BCUT2D eigenvalue weighted by atomic mass is 10.0. The third kappa shape index (κ3) is 4.34. The highest BCUT2D eigenvalue weighted by Gasteiger charge is 2.28. The second-order valence-electron chi connectivity index (χ2n) is 6.73. The molecule has 0 spiro atoms. The number of hydrogen-bond acceptors (Lipinski definition) is 7. The summed E-state index contributed by atoms with van der Waals surface area (Å²) >= 11 is 1.59. The zero-order chi connectivity index (χ0) is 16.9. The van der Waals surface area contributed by atoms with Gasteiger partial charge in [-0.25, -0.2) is 15.0 Å². The topological polar surface area (TPSA) is 69.2 Å². The van der Waals surface area contributed by atoms with Gasteiger partial charge in [0.25, 0.3) is 0 Å². The van der Waals surface area contributed by atoms with Crippen molar-refractivity contribution in [2.45, 2.75) is 56.8 Å². The third-order valence-corrected chi connectivity index (χ3v) is 5.62. The van der Waals surface area contributed by atoms with E-state index in [1.807, 2.05) is 17.1 Å². The second-order valence-corrected chi connectivity index (χ2v) is 7.45. The van der Waals surface area contributed by atoms with E-state index >= 15 is 0 Å². The molecule has 2 aromatic heterocycles. The highest BCUT2D eigenvalue weighted by Crippen LogP contribution is 2.33. The van der Waals surface area contributed by atoms with E-state index in [0.29, 0.717) is 25.1 Å². The number of anilines is 1. The van der Waals surface area contributed by atoms with Crippen LogP contribution in [0.2, 0.25) is 0 Å². The van der Waals surface area contributed by atoms with Crippen molar-refractivity contribution in [1.29, 1.82) is 0 Å². The van der Waals surface area contributed by atoms with Gasteiger partial charge in [-0.2, -0.15) is 0 Å². The Labute approximate surface area is 152 Å². The maximum absolute atomic E-state index is 6.09. The van der Waals surface area contributed by atoms with Crippen molar-refractivity contribution in [1.82, 2.24) is 15.0 Å². The minimum Gasteiger partial charge on any atom is -0.379 e. The Bertz CT molecular complexity index is 661. The van der Waals surface area contributed by atoms with E-state index in [-0.39, 0.29) is 12.1 Å². The molecular weight excluding hydrogens is 336 g/mol. The summed E-state index contributed by atoms with van der Waals surface area (Å²) < 4.78 is 11.7. The fourth-order valence-corrected chi connectivity index (χ4v) is 4.15. The standard InChI is InChI=1S/C18H24N4O2S/c1-2-4-13(3-1)15-5-7-19-18(21-15)22-16-10-23-8-6-17(16)24-9-14-11-25-12-20-14/h5,7,11-13,16-17H,1-4,6,8-10H2,(H,19,21,22)/t16-,17+/m1/s1. The van der Waals surface area contributed by atoms with E-state index in [1.54, 1.807) is 11.3 Å². The first kappa shape index (κ1) is 16.9. The zero-order valence-corrected chi connectivity index (χ0v) is 15.1. The highest BCUT2D eigenvalue weighted by molar-refractivity contribution is 7.07. The van der Waals surface area contributed by atoms with Gasteiger partial charge in [-0.15, -0.1) is 11.3 Å². The van der Waals surface area contributed by atoms with E-state index in [2.05, 4.69) is 21.4 Å². The first-order valence-corrected chi connectivity index (χ1v) is 9.98. The predicted octanol–water partition coefficient (Wildman–Crippen LogP) is 3.38. The van der Waals surface area contributed by atoms with Crippen LogP contribution in [-0.2, 0) is 16.1 Å². The molecule has 2 fully saturated rings. The molecule has 2 atom stereocenters. The Morgan fingerprint density at radius 2 is 2.16 bits per heavy atom. The van der Waals surface area contributed by atoms with E-state index in [1.165, 1.54) is 25.7 Å². The van der Waals surface area contributed by atoms with Gasteiger partial charge in [0.1, 0.15) is 0 Å². The summed E-state index contributed by atoms with van der Waals surface area (Å²) in [5, 5.41) is 5.46. The normalized spacial score (nSPS) is 24.5. The molecule has 3 heterocycles. The van der Waals surface area contributed by atoms with Gasteiger partial charge in [0, 0.05) is 29.8 Å². The van der Waals surface area contributed by atoms with Crippen molar-refractivity contribution in [3.8, 4) is 0 Å². The Morgan fingerprint density at radius 3 is 3.00 bits per heavy atom. The molecule has 1 saturated heterocycles. The number of ether oxygens (including phenoxy) is 2. The van der Waals surface area contributed by atoms with Gasteiger partial charge < -0.3 is 14.8 Å². The van der Waals surface area contributed by atoms with E-state index < -0.39 is 0 Å². The monoisotopic (exact) mass is 360 g/mol. The summed E-state index contributed by atoms with van der Waals surface area (Å²) in [6, 6.07) is 2.11. The average Bonchev–Trinajstić information content (AvgIpc) is 3.35. The lowest BCUT2D eigenvalue weighted by Gasteiger charge is -2.32. The Kier molecular flexibility index (Phi) is 5.54. The molecule has 1 aliphatic heterocycles. The minimum atomic E-state index is 0.0613. The molecule has 0 amide bonds. The van der Waals surface area contributed by atoms with Crippen molar-refractivity contribution in [3.05, 3.63) is 34.5 Å². The van der Waals surface area contributed by atoms with Crippen LogP contribution < -0.4 is 5.32 Å². The molecule has 4 rings (SSSR count). The van der Waals surface area contributed by atoms with Crippen LogP contribution in [0.4, 0.5) is 5.95 Å². The van der Waals surface area contributed by atoms with Crippen LogP contribution in [0.1, 0.15) is 49.4 Å². The number of hydrogen-bond donors (Lipinski definition) is 1. The van der Waals surface area contributed by atoms with E-state index in [0.717, 1.165) is 24.4 Å². The Balaban J connectivity index is 1.39. The van der Waals surface area contributed by atoms with Gasteiger partial charge in [-0.1, -0.05) is 12.8 Å². The molecule has 2 aliphatic rings. The van der Waals surface area contributed by atoms with Crippen LogP contribution >= 0.6 is 11.3 Å². The van der Waals surface area contributed by atoms with Crippen molar-refractivity contribution in [2.24, 2.45) is 0 Å². The molecule has 1 saturated carbocycles. The van der Waals surface area contributed by atoms with Crippen molar-refractivity contribution in [3.63, 3.8) is 0 Å². The Hall–Kier alpha value is -1.57. The zero-order valence-electron chi connectivity index (χ0n) is 14.3.